The highest BCUT2D eigenvalue weighted by molar-refractivity contribution is 4.77. The Morgan fingerprint density at radius 2 is 1.89 bits per heavy atom. The van der Waals surface area contributed by atoms with Crippen molar-refractivity contribution in [3.63, 3.8) is 0 Å². The Kier molecular flexibility index (Phi) is 8.62. The maximum absolute atomic E-state index is 5.52. The molecule has 0 aromatic heterocycles. The number of hydrogen-bond acceptors (Lipinski definition) is 4. The minimum atomic E-state index is 0.359. The summed E-state index contributed by atoms with van der Waals surface area (Å²) in [7, 11) is 4.39. The molecule has 0 spiro atoms. The SMILES string of the molecule is CC(C)OCCCNCCN1CCC(N(C)C)CC1. The van der Waals surface area contributed by atoms with E-state index >= 15 is 0 Å². The summed E-state index contributed by atoms with van der Waals surface area (Å²) in [6, 6.07) is 0.789. The van der Waals surface area contributed by atoms with Crippen molar-refractivity contribution in [1.29, 1.82) is 0 Å². The van der Waals surface area contributed by atoms with Gasteiger partial charge in [-0.3, -0.25) is 0 Å². The van der Waals surface area contributed by atoms with E-state index in [1.807, 2.05) is 0 Å². The molecule has 0 amide bonds. The minimum absolute atomic E-state index is 0.359. The van der Waals surface area contributed by atoms with Gasteiger partial charge in [0.2, 0.25) is 0 Å². The average Bonchev–Trinajstić information content (AvgIpc) is 2.38. The molecule has 0 bridgehead atoms. The molecule has 4 heteroatoms. The van der Waals surface area contributed by atoms with E-state index in [0.717, 1.165) is 32.2 Å². The van der Waals surface area contributed by atoms with Crippen molar-refractivity contribution in [2.24, 2.45) is 0 Å². The van der Waals surface area contributed by atoms with Crippen molar-refractivity contribution in [3.8, 4) is 0 Å². The molecule has 1 aliphatic rings. The van der Waals surface area contributed by atoms with Gasteiger partial charge in [-0.05, 0) is 66.8 Å². The Bertz CT molecular complexity index is 213. The summed E-state index contributed by atoms with van der Waals surface area (Å²) in [6.07, 6.45) is 4.10. The first-order valence-electron chi connectivity index (χ1n) is 7.80. The quantitative estimate of drug-likeness (QED) is 0.642. The second-order valence-corrected chi connectivity index (χ2v) is 6.06. The summed E-state index contributed by atoms with van der Waals surface area (Å²) in [5, 5.41) is 3.51. The Hall–Kier alpha value is -0.160. The summed E-state index contributed by atoms with van der Waals surface area (Å²) in [4.78, 5) is 4.95. The van der Waals surface area contributed by atoms with Gasteiger partial charge < -0.3 is 19.9 Å². The topological polar surface area (TPSA) is 27.7 Å². The van der Waals surface area contributed by atoms with Gasteiger partial charge in [0.05, 0.1) is 6.10 Å². The van der Waals surface area contributed by atoms with Crippen LogP contribution in [-0.2, 0) is 4.74 Å². The number of nitrogens with zero attached hydrogens (tertiary/aromatic N) is 2. The van der Waals surface area contributed by atoms with Crippen molar-refractivity contribution in [2.45, 2.75) is 45.3 Å². The van der Waals surface area contributed by atoms with E-state index in [9.17, 15) is 0 Å². The van der Waals surface area contributed by atoms with Gasteiger partial charge in [0.1, 0.15) is 0 Å². The number of piperidine rings is 1. The van der Waals surface area contributed by atoms with Crippen LogP contribution >= 0.6 is 0 Å². The maximum Gasteiger partial charge on any atom is 0.0518 e. The fraction of sp³-hybridized carbons (Fsp3) is 1.00. The van der Waals surface area contributed by atoms with Crippen LogP contribution in [0.5, 0.6) is 0 Å². The van der Waals surface area contributed by atoms with E-state index in [0.29, 0.717) is 6.10 Å². The van der Waals surface area contributed by atoms with Gasteiger partial charge in [0.25, 0.3) is 0 Å². The molecule has 0 aliphatic carbocycles. The molecule has 0 aromatic rings. The summed E-state index contributed by atoms with van der Waals surface area (Å²) in [5.74, 6) is 0. The van der Waals surface area contributed by atoms with Crippen LogP contribution in [0, 0.1) is 0 Å². The largest absolute Gasteiger partial charge is 0.379 e. The predicted octanol–water partition coefficient (Wildman–Crippen LogP) is 1.42. The Labute approximate surface area is 119 Å². The van der Waals surface area contributed by atoms with E-state index in [2.05, 4.69) is 43.1 Å². The molecule has 1 heterocycles. The molecule has 1 aliphatic heterocycles. The third-order valence-corrected chi connectivity index (χ3v) is 3.84. The van der Waals surface area contributed by atoms with Gasteiger partial charge in [-0.25, -0.2) is 0 Å². The van der Waals surface area contributed by atoms with Crippen molar-refractivity contribution >= 4 is 0 Å². The van der Waals surface area contributed by atoms with Crippen LogP contribution in [0.4, 0.5) is 0 Å². The molecule has 114 valence electrons. The third-order valence-electron chi connectivity index (χ3n) is 3.84. The van der Waals surface area contributed by atoms with Crippen molar-refractivity contribution in [2.75, 3.05) is 53.4 Å². The molecule has 1 rings (SSSR count). The number of likely N-dealkylation sites (tertiary alicyclic amines) is 1. The average molecular weight is 271 g/mol. The summed E-state index contributed by atoms with van der Waals surface area (Å²) >= 11 is 0. The highest BCUT2D eigenvalue weighted by atomic mass is 16.5. The number of ether oxygens (including phenoxy) is 1. The maximum atomic E-state index is 5.52. The van der Waals surface area contributed by atoms with E-state index in [4.69, 9.17) is 4.74 Å². The predicted molar refractivity (Wildman–Crippen MR) is 81.7 cm³/mol. The fourth-order valence-corrected chi connectivity index (χ4v) is 2.54. The zero-order valence-corrected chi connectivity index (χ0v) is 13.3. The zero-order valence-electron chi connectivity index (χ0n) is 13.3. The normalized spacial score (nSPS) is 18.6. The Morgan fingerprint density at radius 3 is 2.47 bits per heavy atom. The van der Waals surface area contributed by atoms with E-state index in [1.165, 1.54) is 32.5 Å². The van der Waals surface area contributed by atoms with E-state index < -0.39 is 0 Å². The lowest BCUT2D eigenvalue weighted by atomic mass is 10.0. The molecule has 0 aromatic carbocycles. The molecule has 0 atom stereocenters. The van der Waals surface area contributed by atoms with Crippen molar-refractivity contribution in [1.82, 2.24) is 15.1 Å². The molecular weight excluding hydrogens is 238 g/mol. The number of nitrogens with one attached hydrogen (secondary N) is 1. The van der Waals surface area contributed by atoms with Crippen LogP contribution in [0.1, 0.15) is 33.1 Å². The molecular formula is C15H33N3O. The molecule has 0 unspecified atom stereocenters. The summed E-state index contributed by atoms with van der Waals surface area (Å²) in [6.45, 7) is 10.9. The summed E-state index contributed by atoms with van der Waals surface area (Å²) < 4.78 is 5.52. The van der Waals surface area contributed by atoms with Crippen LogP contribution in [0.3, 0.4) is 0 Å². The first kappa shape index (κ1) is 16.9. The molecule has 4 nitrogen and oxygen atoms in total. The zero-order chi connectivity index (χ0) is 14.1. The highest BCUT2D eigenvalue weighted by Crippen LogP contribution is 2.13. The monoisotopic (exact) mass is 271 g/mol. The smallest absolute Gasteiger partial charge is 0.0518 e. The Morgan fingerprint density at radius 1 is 1.21 bits per heavy atom. The standard InChI is InChI=1S/C15H33N3O/c1-14(2)19-13-5-8-16-9-12-18-10-6-15(7-11-18)17(3)4/h14-16H,5-13H2,1-4H3. The molecule has 0 radical (unpaired) electrons. The van der Waals surface area contributed by atoms with Gasteiger partial charge in [0, 0.05) is 25.7 Å². The third kappa shape index (κ3) is 7.88. The lowest BCUT2D eigenvalue weighted by Gasteiger charge is -2.35. The minimum Gasteiger partial charge on any atom is -0.379 e. The molecule has 1 N–H and O–H groups in total. The lowest BCUT2D eigenvalue weighted by Crippen LogP contribution is -2.44. The molecule has 19 heavy (non-hydrogen) atoms. The van der Waals surface area contributed by atoms with Crippen LogP contribution in [0.25, 0.3) is 0 Å². The van der Waals surface area contributed by atoms with E-state index in [-0.39, 0.29) is 0 Å². The Balaban J connectivity index is 1.91. The van der Waals surface area contributed by atoms with Crippen LogP contribution in [0.15, 0.2) is 0 Å². The first-order chi connectivity index (χ1) is 9.09. The van der Waals surface area contributed by atoms with Gasteiger partial charge in [-0.2, -0.15) is 0 Å². The molecule has 0 saturated carbocycles. The second kappa shape index (κ2) is 9.70. The van der Waals surface area contributed by atoms with Gasteiger partial charge >= 0.3 is 0 Å². The number of rotatable bonds is 9. The van der Waals surface area contributed by atoms with E-state index in [1.54, 1.807) is 0 Å². The molecule has 1 fully saturated rings. The summed E-state index contributed by atoms with van der Waals surface area (Å²) in [5.41, 5.74) is 0. The van der Waals surface area contributed by atoms with Gasteiger partial charge in [0.15, 0.2) is 0 Å². The fourth-order valence-electron chi connectivity index (χ4n) is 2.54. The molecule has 1 saturated heterocycles. The first-order valence-corrected chi connectivity index (χ1v) is 7.80. The number of hydrogen-bond donors (Lipinski definition) is 1. The van der Waals surface area contributed by atoms with Crippen LogP contribution in [0.2, 0.25) is 0 Å². The van der Waals surface area contributed by atoms with Crippen molar-refractivity contribution in [3.05, 3.63) is 0 Å². The van der Waals surface area contributed by atoms with Gasteiger partial charge in [-0.1, -0.05) is 0 Å². The van der Waals surface area contributed by atoms with Crippen LogP contribution < -0.4 is 5.32 Å². The lowest BCUT2D eigenvalue weighted by molar-refractivity contribution is 0.0769. The second-order valence-electron chi connectivity index (χ2n) is 6.06. The highest BCUT2D eigenvalue weighted by Gasteiger charge is 2.19. The van der Waals surface area contributed by atoms with Gasteiger partial charge in [-0.15, -0.1) is 0 Å². The van der Waals surface area contributed by atoms with Crippen LogP contribution in [-0.4, -0.2) is 75.4 Å². The van der Waals surface area contributed by atoms with Crippen molar-refractivity contribution < 1.29 is 4.74 Å².